The molecule has 3 aromatic rings. The van der Waals surface area contributed by atoms with Crippen LogP contribution in [0, 0.1) is 6.92 Å². The van der Waals surface area contributed by atoms with Gasteiger partial charge in [0.2, 0.25) is 0 Å². The van der Waals surface area contributed by atoms with Gasteiger partial charge in [0, 0.05) is 18.3 Å². The third kappa shape index (κ3) is 2.97. The summed E-state index contributed by atoms with van der Waals surface area (Å²) in [4.78, 5) is 26.9. The summed E-state index contributed by atoms with van der Waals surface area (Å²) < 4.78 is 1.29. The molecule has 0 aliphatic carbocycles. The van der Waals surface area contributed by atoms with E-state index in [2.05, 4.69) is 20.6 Å². The number of amides is 1. The van der Waals surface area contributed by atoms with Crippen LogP contribution in [0.2, 0.25) is 0 Å². The minimum absolute atomic E-state index is 0.0217. The fourth-order valence-electron chi connectivity index (χ4n) is 2.31. The quantitative estimate of drug-likeness (QED) is 0.634. The second-order valence-electron chi connectivity index (χ2n) is 5.22. The molecule has 4 N–H and O–H groups in total. The Morgan fingerprint density at radius 1 is 1.39 bits per heavy atom. The maximum absolute atomic E-state index is 12.3. The van der Waals surface area contributed by atoms with E-state index in [0.29, 0.717) is 5.69 Å². The molecule has 0 aliphatic rings. The van der Waals surface area contributed by atoms with Crippen LogP contribution in [-0.2, 0) is 0 Å². The lowest BCUT2D eigenvalue weighted by molar-refractivity contribution is 0.0947. The predicted octanol–water partition coefficient (Wildman–Crippen LogP) is 0.156. The molecule has 2 aromatic heterocycles. The number of nitrogens with zero attached hydrogens (tertiary/aromatic N) is 3. The average molecular weight is 312 g/mol. The summed E-state index contributed by atoms with van der Waals surface area (Å²) in [5.74, 6) is -0.485. The second kappa shape index (κ2) is 6.01. The van der Waals surface area contributed by atoms with Crippen molar-refractivity contribution in [2.45, 2.75) is 13.0 Å². The Bertz CT molecular complexity index is 899. The molecule has 0 radical (unpaired) electrons. The van der Waals surface area contributed by atoms with Crippen molar-refractivity contribution in [3.05, 3.63) is 63.8 Å². The van der Waals surface area contributed by atoms with E-state index < -0.39 is 11.5 Å². The third-order valence-electron chi connectivity index (χ3n) is 3.46. The highest BCUT2D eigenvalue weighted by atomic mass is 16.2. The molecule has 0 fully saturated rings. The summed E-state index contributed by atoms with van der Waals surface area (Å²) in [6.07, 6.45) is 1.59. The molecule has 1 aromatic carbocycles. The highest BCUT2D eigenvalue weighted by Gasteiger charge is 2.18. The molecule has 0 saturated heterocycles. The zero-order chi connectivity index (χ0) is 16.4. The molecule has 0 bridgehead atoms. The number of nitrogens with one attached hydrogen (secondary N) is 2. The van der Waals surface area contributed by atoms with Crippen LogP contribution >= 0.6 is 0 Å². The minimum Gasteiger partial charge on any atom is -0.349 e. The van der Waals surface area contributed by atoms with Crippen LogP contribution < -0.4 is 16.6 Å². The minimum atomic E-state index is -0.485. The first-order valence-electron chi connectivity index (χ1n) is 7.10. The highest BCUT2D eigenvalue weighted by Crippen LogP contribution is 2.09. The molecular formula is C15H16N6O2. The standard InChI is InChI=1S/C15H16N6O2/c1-9-8-21-13(15(23)18-9)12(19-20-21)14(22)17-7-11(16)10-5-3-2-4-6-10/h2-6,8,11H,7,16H2,1H3,(H,17,22)(H,18,23). The topological polar surface area (TPSA) is 118 Å². The summed E-state index contributed by atoms with van der Waals surface area (Å²) in [6, 6.07) is 9.08. The highest BCUT2D eigenvalue weighted by molar-refractivity contribution is 5.98. The van der Waals surface area contributed by atoms with Crippen LogP contribution in [0.4, 0.5) is 0 Å². The molecule has 1 atom stereocenters. The van der Waals surface area contributed by atoms with Gasteiger partial charge in [-0.15, -0.1) is 5.10 Å². The number of hydrogen-bond acceptors (Lipinski definition) is 5. The molecule has 0 spiro atoms. The van der Waals surface area contributed by atoms with Crippen molar-refractivity contribution in [2.75, 3.05) is 6.54 Å². The number of aromatic nitrogens is 4. The van der Waals surface area contributed by atoms with E-state index in [9.17, 15) is 9.59 Å². The van der Waals surface area contributed by atoms with Gasteiger partial charge in [0.25, 0.3) is 11.5 Å². The number of benzene rings is 1. The lowest BCUT2D eigenvalue weighted by Crippen LogP contribution is -2.32. The van der Waals surface area contributed by atoms with Gasteiger partial charge in [0.05, 0.1) is 6.20 Å². The third-order valence-corrected chi connectivity index (χ3v) is 3.46. The van der Waals surface area contributed by atoms with Crippen LogP contribution in [0.1, 0.15) is 27.8 Å². The number of carbonyl (C=O) groups is 1. The Hall–Kier alpha value is -3.00. The maximum atomic E-state index is 12.3. The Balaban J connectivity index is 1.78. The number of rotatable bonds is 4. The van der Waals surface area contributed by atoms with Gasteiger partial charge in [-0.2, -0.15) is 0 Å². The van der Waals surface area contributed by atoms with Crippen LogP contribution in [0.15, 0.2) is 41.3 Å². The van der Waals surface area contributed by atoms with E-state index in [1.165, 1.54) is 4.52 Å². The van der Waals surface area contributed by atoms with E-state index in [1.807, 2.05) is 30.3 Å². The summed E-state index contributed by atoms with van der Waals surface area (Å²) in [7, 11) is 0. The number of aromatic amines is 1. The maximum Gasteiger partial charge on any atom is 0.276 e. The first-order valence-corrected chi connectivity index (χ1v) is 7.10. The van der Waals surface area contributed by atoms with Crippen molar-refractivity contribution >= 4 is 11.4 Å². The number of nitrogens with two attached hydrogens (primary N) is 1. The van der Waals surface area contributed by atoms with Crippen LogP contribution in [0.5, 0.6) is 0 Å². The largest absolute Gasteiger partial charge is 0.349 e. The van der Waals surface area contributed by atoms with Crippen molar-refractivity contribution in [1.29, 1.82) is 0 Å². The van der Waals surface area contributed by atoms with Gasteiger partial charge in [-0.3, -0.25) is 9.59 Å². The Morgan fingerprint density at radius 3 is 2.87 bits per heavy atom. The Morgan fingerprint density at radius 2 is 2.13 bits per heavy atom. The van der Waals surface area contributed by atoms with Crippen molar-refractivity contribution < 1.29 is 4.79 Å². The molecule has 8 heteroatoms. The summed E-state index contributed by atoms with van der Waals surface area (Å²) in [5.41, 5.74) is 7.26. The molecule has 2 heterocycles. The van der Waals surface area contributed by atoms with Crippen molar-refractivity contribution in [1.82, 2.24) is 25.1 Å². The van der Waals surface area contributed by atoms with E-state index in [0.717, 1.165) is 5.56 Å². The smallest absolute Gasteiger partial charge is 0.276 e. The number of carbonyl (C=O) groups excluding carboxylic acids is 1. The number of fused-ring (bicyclic) bond motifs is 1. The van der Waals surface area contributed by atoms with Gasteiger partial charge >= 0.3 is 0 Å². The molecule has 118 valence electrons. The van der Waals surface area contributed by atoms with Gasteiger partial charge in [-0.1, -0.05) is 35.5 Å². The first kappa shape index (κ1) is 14.9. The lowest BCUT2D eigenvalue weighted by atomic mass is 10.1. The van der Waals surface area contributed by atoms with Gasteiger partial charge in [0.1, 0.15) is 0 Å². The first-order chi connectivity index (χ1) is 11.1. The molecule has 23 heavy (non-hydrogen) atoms. The van der Waals surface area contributed by atoms with Crippen molar-refractivity contribution in [3.63, 3.8) is 0 Å². The Kier molecular flexibility index (Phi) is 3.90. The van der Waals surface area contributed by atoms with Crippen LogP contribution in [-0.4, -0.2) is 32.3 Å². The fraction of sp³-hybridized carbons (Fsp3) is 0.200. The van der Waals surface area contributed by atoms with Crippen molar-refractivity contribution in [3.8, 4) is 0 Å². The second-order valence-corrected chi connectivity index (χ2v) is 5.22. The van der Waals surface area contributed by atoms with Gasteiger partial charge in [-0.25, -0.2) is 4.52 Å². The lowest BCUT2D eigenvalue weighted by Gasteiger charge is -2.12. The zero-order valence-corrected chi connectivity index (χ0v) is 12.5. The van der Waals surface area contributed by atoms with E-state index in [4.69, 9.17) is 5.73 Å². The van der Waals surface area contributed by atoms with Crippen molar-refractivity contribution in [2.24, 2.45) is 5.73 Å². The van der Waals surface area contributed by atoms with Crippen LogP contribution in [0.3, 0.4) is 0 Å². The molecule has 1 unspecified atom stereocenters. The molecule has 0 aliphatic heterocycles. The van der Waals surface area contributed by atoms with Gasteiger partial charge in [0.15, 0.2) is 11.2 Å². The number of aryl methyl sites for hydroxylation is 1. The zero-order valence-electron chi connectivity index (χ0n) is 12.5. The molecule has 0 saturated carbocycles. The monoisotopic (exact) mass is 312 g/mol. The molecule has 1 amide bonds. The predicted molar refractivity (Wildman–Crippen MR) is 84.0 cm³/mol. The molecule has 8 nitrogen and oxygen atoms in total. The summed E-state index contributed by atoms with van der Waals surface area (Å²) in [5, 5.41) is 10.3. The average Bonchev–Trinajstić information content (AvgIpc) is 2.97. The van der Waals surface area contributed by atoms with Gasteiger partial charge < -0.3 is 16.0 Å². The fourth-order valence-corrected chi connectivity index (χ4v) is 2.31. The normalized spacial score (nSPS) is 12.3. The Labute approximate surface area is 131 Å². The molecule has 3 rings (SSSR count). The van der Waals surface area contributed by atoms with Gasteiger partial charge in [-0.05, 0) is 12.5 Å². The van der Waals surface area contributed by atoms with E-state index in [1.54, 1.807) is 13.1 Å². The number of H-pyrrole nitrogens is 1. The van der Waals surface area contributed by atoms with E-state index in [-0.39, 0.29) is 23.8 Å². The summed E-state index contributed by atoms with van der Waals surface area (Å²) in [6.45, 7) is 1.95. The van der Waals surface area contributed by atoms with E-state index >= 15 is 0 Å². The summed E-state index contributed by atoms with van der Waals surface area (Å²) >= 11 is 0. The molecular weight excluding hydrogens is 296 g/mol. The number of hydrogen-bond donors (Lipinski definition) is 3. The SMILES string of the molecule is Cc1cn2nnc(C(=O)NCC(N)c3ccccc3)c2c(=O)[nH]1. The van der Waals surface area contributed by atoms with Crippen LogP contribution in [0.25, 0.3) is 5.52 Å².